The quantitative estimate of drug-likeness (QED) is 0.771. The number of carbonyl (C=O) groups excluding carboxylic acids is 1. The second kappa shape index (κ2) is 8.31. The molecule has 2 nitrogen and oxygen atoms in total. The van der Waals surface area contributed by atoms with Gasteiger partial charge in [-0.05, 0) is 48.4 Å². The number of carbonyl (C=O) groups is 1. The van der Waals surface area contributed by atoms with Crippen molar-refractivity contribution < 1.29 is 4.79 Å². The Bertz CT molecular complexity index is 412. The fourth-order valence-corrected chi connectivity index (χ4v) is 2.27. The number of nitrogens with one attached hydrogen (secondary N) is 1. The third-order valence-corrected chi connectivity index (χ3v) is 3.94. The lowest BCUT2D eigenvalue weighted by molar-refractivity contribution is 0.0941. The summed E-state index contributed by atoms with van der Waals surface area (Å²) in [5, 5.41) is 3.69. The van der Waals surface area contributed by atoms with Crippen LogP contribution in [0.2, 0.25) is 5.02 Å². The van der Waals surface area contributed by atoms with Crippen LogP contribution < -0.4 is 5.32 Å². The van der Waals surface area contributed by atoms with Crippen molar-refractivity contribution in [2.75, 3.05) is 6.54 Å². The Balaban J connectivity index is 2.50. The maximum absolute atomic E-state index is 12.1. The largest absolute Gasteiger partial charge is 0.352 e. The normalized spacial score (nSPS) is 12.8. The van der Waals surface area contributed by atoms with Gasteiger partial charge in [-0.1, -0.05) is 45.7 Å². The SMILES string of the molecule is CC(C)CCC(CNC(=O)c1ccc(Cl)cc1)C(C)C. The zero-order chi connectivity index (χ0) is 15.1. The zero-order valence-corrected chi connectivity index (χ0v) is 13.7. The molecule has 0 radical (unpaired) electrons. The molecule has 0 fully saturated rings. The first-order valence-corrected chi connectivity index (χ1v) is 7.81. The Kier molecular flexibility index (Phi) is 7.08. The summed E-state index contributed by atoms with van der Waals surface area (Å²) in [7, 11) is 0. The number of amides is 1. The minimum absolute atomic E-state index is 0.0168. The molecule has 0 aliphatic rings. The molecule has 1 aromatic rings. The van der Waals surface area contributed by atoms with E-state index in [-0.39, 0.29) is 5.91 Å². The number of benzene rings is 1. The minimum Gasteiger partial charge on any atom is -0.352 e. The minimum atomic E-state index is -0.0168. The van der Waals surface area contributed by atoms with Gasteiger partial charge < -0.3 is 5.32 Å². The highest BCUT2D eigenvalue weighted by Crippen LogP contribution is 2.19. The van der Waals surface area contributed by atoms with Gasteiger partial charge in [-0.2, -0.15) is 0 Å². The fourth-order valence-electron chi connectivity index (χ4n) is 2.15. The second-order valence-electron chi connectivity index (χ2n) is 6.19. The van der Waals surface area contributed by atoms with Crippen LogP contribution in [0.5, 0.6) is 0 Å². The van der Waals surface area contributed by atoms with Gasteiger partial charge in [0.2, 0.25) is 0 Å². The lowest BCUT2D eigenvalue weighted by Gasteiger charge is -2.22. The van der Waals surface area contributed by atoms with Crippen molar-refractivity contribution in [2.24, 2.45) is 17.8 Å². The van der Waals surface area contributed by atoms with Crippen molar-refractivity contribution >= 4 is 17.5 Å². The van der Waals surface area contributed by atoms with Gasteiger partial charge >= 0.3 is 0 Å². The van der Waals surface area contributed by atoms with E-state index in [9.17, 15) is 4.79 Å². The highest BCUT2D eigenvalue weighted by molar-refractivity contribution is 6.30. The van der Waals surface area contributed by atoms with Crippen molar-refractivity contribution in [3.63, 3.8) is 0 Å². The fraction of sp³-hybridized carbons (Fsp3) is 0.588. The highest BCUT2D eigenvalue weighted by Gasteiger charge is 2.15. The van der Waals surface area contributed by atoms with E-state index in [1.165, 1.54) is 6.42 Å². The van der Waals surface area contributed by atoms with E-state index in [1.807, 2.05) is 0 Å². The molecule has 0 aromatic heterocycles. The lowest BCUT2D eigenvalue weighted by Crippen LogP contribution is -2.31. The smallest absolute Gasteiger partial charge is 0.251 e. The molecule has 1 atom stereocenters. The van der Waals surface area contributed by atoms with Crippen molar-refractivity contribution in [3.05, 3.63) is 34.9 Å². The van der Waals surface area contributed by atoms with Crippen LogP contribution in [-0.2, 0) is 0 Å². The monoisotopic (exact) mass is 295 g/mol. The molecule has 3 heteroatoms. The molecule has 0 heterocycles. The van der Waals surface area contributed by atoms with E-state index in [0.717, 1.165) is 13.0 Å². The zero-order valence-electron chi connectivity index (χ0n) is 12.9. The van der Waals surface area contributed by atoms with Gasteiger partial charge in [-0.25, -0.2) is 0 Å². The van der Waals surface area contributed by atoms with Crippen LogP contribution in [0.15, 0.2) is 24.3 Å². The molecule has 1 rings (SSSR count). The standard InChI is InChI=1S/C17H26ClNO/c1-12(2)5-6-15(13(3)4)11-19-17(20)14-7-9-16(18)10-8-14/h7-10,12-13,15H,5-6,11H2,1-4H3,(H,19,20). The van der Waals surface area contributed by atoms with Crippen molar-refractivity contribution in [1.29, 1.82) is 0 Å². The first-order valence-electron chi connectivity index (χ1n) is 7.44. The van der Waals surface area contributed by atoms with Gasteiger partial charge in [0.1, 0.15) is 0 Å². The first kappa shape index (κ1) is 17.0. The van der Waals surface area contributed by atoms with Crippen LogP contribution in [0.25, 0.3) is 0 Å². The molecular formula is C17H26ClNO. The van der Waals surface area contributed by atoms with E-state index < -0.39 is 0 Å². The summed E-state index contributed by atoms with van der Waals surface area (Å²) in [5.74, 6) is 1.81. The van der Waals surface area contributed by atoms with Crippen molar-refractivity contribution in [1.82, 2.24) is 5.32 Å². The molecule has 112 valence electrons. The van der Waals surface area contributed by atoms with Gasteiger partial charge in [-0.15, -0.1) is 0 Å². The van der Waals surface area contributed by atoms with Gasteiger partial charge in [0.15, 0.2) is 0 Å². The Morgan fingerprint density at radius 3 is 2.20 bits per heavy atom. The number of hydrogen-bond donors (Lipinski definition) is 1. The summed E-state index contributed by atoms with van der Waals surface area (Å²) in [5.41, 5.74) is 0.667. The summed E-state index contributed by atoms with van der Waals surface area (Å²) in [6.07, 6.45) is 2.37. The number of hydrogen-bond acceptors (Lipinski definition) is 1. The molecule has 0 aliphatic heterocycles. The maximum atomic E-state index is 12.1. The van der Waals surface area contributed by atoms with E-state index in [2.05, 4.69) is 33.0 Å². The van der Waals surface area contributed by atoms with Crippen LogP contribution in [0.3, 0.4) is 0 Å². The summed E-state index contributed by atoms with van der Waals surface area (Å²) in [6.45, 7) is 9.66. The molecule has 1 aromatic carbocycles. The van der Waals surface area contributed by atoms with E-state index >= 15 is 0 Å². The summed E-state index contributed by atoms with van der Waals surface area (Å²) in [6, 6.07) is 7.01. The van der Waals surface area contributed by atoms with Crippen molar-refractivity contribution in [3.8, 4) is 0 Å². The van der Waals surface area contributed by atoms with Crippen LogP contribution in [-0.4, -0.2) is 12.5 Å². The molecule has 1 N–H and O–H groups in total. The van der Waals surface area contributed by atoms with E-state index in [1.54, 1.807) is 24.3 Å². The molecule has 1 unspecified atom stereocenters. The molecule has 1 amide bonds. The average Bonchev–Trinajstić information content (AvgIpc) is 2.38. The lowest BCUT2D eigenvalue weighted by atomic mass is 9.88. The molecule has 0 spiro atoms. The molecule has 0 bridgehead atoms. The van der Waals surface area contributed by atoms with Crippen LogP contribution in [0.4, 0.5) is 0 Å². The molecule has 0 saturated carbocycles. The highest BCUT2D eigenvalue weighted by atomic mass is 35.5. The summed E-state index contributed by atoms with van der Waals surface area (Å²) in [4.78, 5) is 12.1. The summed E-state index contributed by atoms with van der Waals surface area (Å²) < 4.78 is 0. The second-order valence-corrected chi connectivity index (χ2v) is 6.63. The molecular weight excluding hydrogens is 270 g/mol. The number of halogens is 1. The topological polar surface area (TPSA) is 29.1 Å². The predicted octanol–water partition coefficient (Wildman–Crippen LogP) is 4.78. The van der Waals surface area contributed by atoms with Gasteiger partial charge in [0.05, 0.1) is 0 Å². The van der Waals surface area contributed by atoms with E-state index in [4.69, 9.17) is 11.6 Å². The Labute approximate surface area is 127 Å². The third-order valence-electron chi connectivity index (χ3n) is 3.69. The third kappa shape index (κ3) is 5.96. The Hall–Kier alpha value is -1.02. The molecule has 0 saturated heterocycles. The summed E-state index contributed by atoms with van der Waals surface area (Å²) >= 11 is 5.82. The average molecular weight is 296 g/mol. The van der Waals surface area contributed by atoms with Crippen LogP contribution in [0, 0.1) is 17.8 Å². The van der Waals surface area contributed by atoms with Crippen LogP contribution in [0.1, 0.15) is 50.9 Å². The number of rotatable bonds is 7. The van der Waals surface area contributed by atoms with Crippen LogP contribution >= 0.6 is 11.6 Å². The van der Waals surface area contributed by atoms with Crippen molar-refractivity contribution in [2.45, 2.75) is 40.5 Å². The first-order chi connectivity index (χ1) is 9.40. The van der Waals surface area contributed by atoms with Gasteiger partial charge in [0, 0.05) is 17.1 Å². The Morgan fingerprint density at radius 1 is 1.10 bits per heavy atom. The maximum Gasteiger partial charge on any atom is 0.251 e. The van der Waals surface area contributed by atoms with E-state index in [0.29, 0.717) is 28.3 Å². The molecule has 20 heavy (non-hydrogen) atoms. The Morgan fingerprint density at radius 2 is 1.70 bits per heavy atom. The predicted molar refractivity (Wildman–Crippen MR) is 86.2 cm³/mol. The van der Waals surface area contributed by atoms with Gasteiger partial charge in [-0.3, -0.25) is 4.79 Å². The van der Waals surface area contributed by atoms with Gasteiger partial charge in [0.25, 0.3) is 5.91 Å². The molecule has 0 aliphatic carbocycles.